The van der Waals surface area contributed by atoms with Gasteiger partial charge in [0.2, 0.25) is 0 Å². The van der Waals surface area contributed by atoms with E-state index in [0.717, 1.165) is 60.9 Å². The highest BCUT2D eigenvalue weighted by Crippen LogP contribution is 2.26. The molecule has 1 unspecified atom stereocenters. The summed E-state index contributed by atoms with van der Waals surface area (Å²) < 4.78 is 4.45. The Bertz CT molecular complexity index is 1050. The van der Waals surface area contributed by atoms with Crippen LogP contribution < -0.4 is 10.6 Å². The Labute approximate surface area is 170 Å². The molecule has 2 aromatic heterocycles. The van der Waals surface area contributed by atoms with Crippen molar-refractivity contribution in [1.29, 1.82) is 0 Å². The molecule has 2 amide bonds. The number of hydrogen-bond acceptors (Lipinski definition) is 3. The van der Waals surface area contributed by atoms with E-state index in [1.165, 1.54) is 18.5 Å². The molecule has 0 saturated heterocycles. The van der Waals surface area contributed by atoms with E-state index < -0.39 is 0 Å². The minimum absolute atomic E-state index is 0.110. The van der Waals surface area contributed by atoms with Crippen LogP contribution in [0.5, 0.6) is 0 Å². The number of fused-ring (bicyclic) bond motifs is 2. The molecule has 2 aliphatic rings. The average Bonchev–Trinajstić information content (AvgIpc) is 3.30. The highest BCUT2D eigenvalue weighted by atomic mass is 16.2. The summed E-state index contributed by atoms with van der Waals surface area (Å²) in [5, 5.41) is 6.09. The van der Waals surface area contributed by atoms with Crippen LogP contribution in [0.15, 0.2) is 36.7 Å². The summed E-state index contributed by atoms with van der Waals surface area (Å²) in [4.78, 5) is 21.7. The smallest absolute Gasteiger partial charge is 0.319 e. The maximum absolute atomic E-state index is 12.6. The first-order valence-electron chi connectivity index (χ1n) is 10.4. The first-order valence-corrected chi connectivity index (χ1v) is 10.4. The standard InChI is InChI=1S/C22H26N6O/c1-15-13-27-14-18(8-9-20(27)24-15)26-22(29)25-17-6-4-5-16(11-17)21-23-12-19-7-2-3-10-28(19)21/h4-6,11-13,18H,2-3,7-10,14H2,1H3,(H2,25,26,29). The first kappa shape index (κ1) is 18.0. The first-order chi connectivity index (χ1) is 14.2. The van der Waals surface area contributed by atoms with Crippen molar-refractivity contribution >= 4 is 11.7 Å². The molecule has 0 aliphatic carbocycles. The number of carbonyl (C=O) groups excluding carboxylic acids is 1. The Hall–Kier alpha value is -3.09. The number of rotatable bonds is 3. The van der Waals surface area contributed by atoms with Gasteiger partial charge in [0.15, 0.2) is 0 Å². The van der Waals surface area contributed by atoms with E-state index >= 15 is 0 Å². The number of anilines is 1. The van der Waals surface area contributed by atoms with Crippen LogP contribution in [0, 0.1) is 6.92 Å². The summed E-state index contributed by atoms with van der Waals surface area (Å²) in [5.41, 5.74) is 4.15. The molecule has 0 spiro atoms. The zero-order valence-corrected chi connectivity index (χ0v) is 16.7. The van der Waals surface area contributed by atoms with Crippen molar-refractivity contribution in [3.8, 4) is 11.4 Å². The number of nitrogens with one attached hydrogen (secondary N) is 2. The van der Waals surface area contributed by atoms with Gasteiger partial charge in [-0.1, -0.05) is 12.1 Å². The normalized spacial score (nSPS) is 18.0. The predicted molar refractivity (Wildman–Crippen MR) is 112 cm³/mol. The molecule has 7 heteroatoms. The fourth-order valence-electron chi connectivity index (χ4n) is 4.46. The lowest BCUT2D eigenvalue weighted by Gasteiger charge is -2.24. The Morgan fingerprint density at radius 1 is 1.24 bits per heavy atom. The third-order valence-corrected chi connectivity index (χ3v) is 5.83. The lowest BCUT2D eigenvalue weighted by atomic mass is 10.1. The second-order valence-electron chi connectivity index (χ2n) is 8.05. The van der Waals surface area contributed by atoms with Gasteiger partial charge in [-0.05, 0) is 44.7 Å². The number of amides is 2. The van der Waals surface area contributed by atoms with Crippen molar-refractivity contribution in [1.82, 2.24) is 24.4 Å². The van der Waals surface area contributed by atoms with Crippen molar-refractivity contribution in [3.63, 3.8) is 0 Å². The molecule has 3 aromatic rings. The molecular formula is C22H26N6O. The lowest BCUT2D eigenvalue weighted by Crippen LogP contribution is -2.42. The summed E-state index contributed by atoms with van der Waals surface area (Å²) in [6.45, 7) is 3.79. The van der Waals surface area contributed by atoms with Gasteiger partial charge in [-0.2, -0.15) is 0 Å². The van der Waals surface area contributed by atoms with Gasteiger partial charge < -0.3 is 19.8 Å². The van der Waals surface area contributed by atoms with E-state index in [2.05, 4.69) is 42.0 Å². The molecule has 1 aromatic carbocycles. The Kier molecular flexibility index (Phi) is 4.58. The molecule has 5 rings (SSSR count). The van der Waals surface area contributed by atoms with Crippen molar-refractivity contribution in [2.45, 2.75) is 58.2 Å². The van der Waals surface area contributed by atoms with E-state index in [-0.39, 0.29) is 12.1 Å². The van der Waals surface area contributed by atoms with Gasteiger partial charge >= 0.3 is 6.03 Å². The maximum atomic E-state index is 12.6. The van der Waals surface area contributed by atoms with Crippen LogP contribution in [0.3, 0.4) is 0 Å². The molecule has 0 saturated carbocycles. The van der Waals surface area contributed by atoms with E-state index in [9.17, 15) is 4.79 Å². The number of aryl methyl sites for hydroxylation is 3. The zero-order valence-electron chi connectivity index (χ0n) is 16.7. The molecule has 2 aliphatic heterocycles. The summed E-state index contributed by atoms with van der Waals surface area (Å²) in [6.07, 6.45) is 9.34. The zero-order chi connectivity index (χ0) is 19.8. The summed E-state index contributed by atoms with van der Waals surface area (Å²) in [6, 6.07) is 7.88. The highest BCUT2D eigenvalue weighted by molar-refractivity contribution is 5.90. The minimum Gasteiger partial charge on any atom is -0.333 e. The van der Waals surface area contributed by atoms with Gasteiger partial charge in [0.1, 0.15) is 11.6 Å². The monoisotopic (exact) mass is 390 g/mol. The summed E-state index contributed by atoms with van der Waals surface area (Å²) in [7, 11) is 0. The Morgan fingerprint density at radius 2 is 2.17 bits per heavy atom. The molecule has 150 valence electrons. The summed E-state index contributed by atoms with van der Waals surface area (Å²) in [5.74, 6) is 2.09. The number of nitrogens with zero attached hydrogens (tertiary/aromatic N) is 4. The number of aromatic nitrogens is 4. The average molecular weight is 390 g/mol. The van der Waals surface area contributed by atoms with E-state index in [0.29, 0.717) is 0 Å². The second kappa shape index (κ2) is 7.39. The highest BCUT2D eigenvalue weighted by Gasteiger charge is 2.21. The quantitative estimate of drug-likeness (QED) is 0.718. The maximum Gasteiger partial charge on any atom is 0.319 e. The SMILES string of the molecule is Cc1cn2c(n1)CCC(NC(=O)Nc1cccc(-c3ncc4n3CCCC4)c1)C2. The Balaban J connectivity index is 1.26. The van der Waals surface area contributed by atoms with Gasteiger partial charge in [0, 0.05) is 54.9 Å². The molecule has 0 radical (unpaired) electrons. The Morgan fingerprint density at radius 3 is 3.10 bits per heavy atom. The van der Waals surface area contributed by atoms with Crippen molar-refractivity contribution in [3.05, 3.63) is 53.9 Å². The number of hydrogen-bond donors (Lipinski definition) is 2. The molecule has 0 bridgehead atoms. The van der Waals surface area contributed by atoms with Gasteiger partial charge in [-0.25, -0.2) is 14.8 Å². The molecule has 7 nitrogen and oxygen atoms in total. The van der Waals surface area contributed by atoms with Gasteiger partial charge in [0.25, 0.3) is 0 Å². The fourth-order valence-corrected chi connectivity index (χ4v) is 4.46. The molecule has 1 atom stereocenters. The number of benzene rings is 1. The summed E-state index contributed by atoms with van der Waals surface area (Å²) >= 11 is 0. The predicted octanol–water partition coefficient (Wildman–Crippen LogP) is 3.53. The van der Waals surface area contributed by atoms with Crippen molar-refractivity contribution in [2.75, 3.05) is 5.32 Å². The molecule has 0 fully saturated rings. The van der Waals surface area contributed by atoms with E-state index in [1.807, 2.05) is 31.3 Å². The van der Waals surface area contributed by atoms with Crippen LogP contribution in [0.1, 0.15) is 36.5 Å². The third-order valence-electron chi connectivity index (χ3n) is 5.83. The second-order valence-corrected chi connectivity index (χ2v) is 8.05. The van der Waals surface area contributed by atoms with Crippen LogP contribution in [-0.2, 0) is 25.9 Å². The molecule has 4 heterocycles. The van der Waals surface area contributed by atoms with E-state index in [1.54, 1.807) is 0 Å². The van der Waals surface area contributed by atoms with Crippen LogP contribution >= 0.6 is 0 Å². The van der Waals surface area contributed by atoms with Crippen LogP contribution in [0.2, 0.25) is 0 Å². The van der Waals surface area contributed by atoms with Gasteiger partial charge in [-0.15, -0.1) is 0 Å². The van der Waals surface area contributed by atoms with E-state index in [4.69, 9.17) is 0 Å². The number of imidazole rings is 2. The molecular weight excluding hydrogens is 364 g/mol. The van der Waals surface area contributed by atoms with Crippen molar-refractivity contribution in [2.24, 2.45) is 0 Å². The van der Waals surface area contributed by atoms with Gasteiger partial charge in [0.05, 0.1) is 5.69 Å². The van der Waals surface area contributed by atoms with Crippen molar-refractivity contribution < 1.29 is 4.79 Å². The van der Waals surface area contributed by atoms with Crippen LogP contribution in [0.25, 0.3) is 11.4 Å². The van der Waals surface area contributed by atoms with Crippen LogP contribution in [0.4, 0.5) is 10.5 Å². The molecule has 2 N–H and O–H groups in total. The lowest BCUT2D eigenvalue weighted by molar-refractivity contribution is 0.244. The van der Waals surface area contributed by atoms with Crippen LogP contribution in [-0.4, -0.2) is 31.2 Å². The number of urea groups is 1. The largest absolute Gasteiger partial charge is 0.333 e. The number of carbonyl (C=O) groups is 1. The topological polar surface area (TPSA) is 76.8 Å². The minimum atomic E-state index is -0.169. The fraction of sp³-hybridized carbons (Fsp3) is 0.409. The third kappa shape index (κ3) is 3.64. The van der Waals surface area contributed by atoms with Gasteiger partial charge in [-0.3, -0.25) is 0 Å². The molecule has 29 heavy (non-hydrogen) atoms.